The molecule has 0 aliphatic heterocycles. The molecule has 0 heterocycles. The van der Waals surface area contributed by atoms with Crippen LogP contribution in [0, 0.1) is 6.92 Å². The third-order valence-corrected chi connectivity index (χ3v) is 6.80. The molecular weight excluding hydrogens is 464 g/mol. The van der Waals surface area contributed by atoms with Gasteiger partial charge in [-0.2, -0.15) is 0 Å². The molecule has 0 saturated carbocycles. The highest BCUT2D eigenvalue weighted by atomic mass is 35.5. The van der Waals surface area contributed by atoms with Crippen LogP contribution in [0.4, 0.5) is 5.69 Å². The van der Waals surface area contributed by atoms with Crippen molar-refractivity contribution in [1.82, 2.24) is 5.32 Å². The third-order valence-electron chi connectivity index (χ3n) is 4.76. The molecular formula is C24H25ClN2O5S. The zero-order valence-corrected chi connectivity index (χ0v) is 19.9. The van der Waals surface area contributed by atoms with Crippen molar-refractivity contribution in [2.75, 3.05) is 31.1 Å². The van der Waals surface area contributed by atoms with Gasteiger partial charge in [0.05, 0.1) is 24.2 Å². The molecule has 0 unspecified atom stereocenters. The van der Waals surface area contributed by atoms with E-state index in [1.807, 2.05) is 31.2 Å². The molecule has 0 radical (unpaired) electrons. The average molecular weight is 489 g/mol. The molecule has 0 aromatic heterocycles. The Morgan fingerprint density at radius 3 is 2.15 bits per heavy atom. The summed E-state index contributed by atoms with van der Waals surface area (Å²) < 4.78 is 38.4. The van der Waals surface area contributed by atoms with Gasteiger partial charge < -0.3 is 14.8 Å². The summed E-state index contributed by atoms with van der Waals surface area (Å²) in [5, 5.41) is 3.16. The zero-order valence-electron chi connectivity index (χ0n) is 18.3. The predicted molar refractivity (Wildman–Crippen MR) is 129 cm³/mol. The summed E-state index contributed by atoms with van der Waals surface area (Å²) in [7, 11) is -2.53. The SMILES string of the molecule is COc1ccc(S(=O)(=O)N(CC(=O)NCCOc2ccc(C)cc2)c2ccc(Cl)cc2)cc1. The van der Waals surface area contributed by atoms with Crippen LogP contribution < -0.4 is 19.1 Å². The molecule has 0 aliphatic carbocycles. The average Bonchev–Trinajstić information content (AvgIpc) is 2.82. The number of amides is 1. The fraction of sp³-hybridized carbons (Fsp3) is 0.208. The van der Waals surface area contributed by atoms with Gasteiger partial charge in [0.2, 0.25) is 5.91 Å². The van der Waals surface area contributed by atoms with E-state index in [9.17, 15) is 13.2 Å². The molecule has 0 fully saturated rings. The Balaban J connectivity index is 1.70. The van der Waals surface area contributed by atoms with Crippen molar-refractivity contribution in [2.45, 2.75) is 11.8 Å². The lowest BCUT2D eigenvalue weighted by molar-refractivity contribution is -0.119. The van der Waals surface area contributed by atoms with Crippen LogP contribution in [0.5, 0.6) is 11.5 Å². The van der Waals surface area contributed by atoms with E-state index in [0.717, 1.165) is 9.87 Å². The van der Waals surface area contributed by atoms with E-state index in [0.29, 0.717) is 22.2 Å². The Morgan fingerprint density at radius 2 is 1.55 bits per heavy atom. The minimum atomic E-state index is -4.02. The maximum atomic E-state index is 13.3. The molecule has 3 aromatic carbocycles. The van der Waals surface area contributed by atoms with Crippen molar-refractivity contribution >= 4 is 33.2 Å². The first kappa shape index (κ1) is 24.4. The first-order valence-corrected chi connectivity index (χ1v) is 12.0. The highest BCUT2D eigenvalue weighted by Crippen LogP contribution is 2.26. The first-order chi connectivity index (χ1) is 15.8. The number of hydrogen-bond acceptors (Lipinski definition) is 5. The summed E-state index contributed by atoms with van der Waals surface area (Å²) in [6.07, 6.45) is 0. The van der Waals surface area contributed by atoms with E-state index in [1.165, 1.54) is 19.2 Å². The Kier molecular flexibility index (Phi) is 8.19. The smallest absolute Gasteiger partial charge is 0.264 e. The van der Waals surface area contributed by atoms with Gasteiger partial charge in [0.15, 0.2) is 0 Å². The van der Waals surface area contributed by atoms with E-state index < -0.39 is 22.5 Å². The zero-order chi connectivity index (χ0) is 23.8. The van der Waals surface area contributed by atoms with E-state index in [4.69, 9.17) is 21.1 Å². The number of carbonyl (C=O) groups is 1. The van der Waals surface area contributed by atoms with Crippen molar-refractivity contribution in [1.29, 1.82) is 0 Å². The molecule has 9 heteroatoms. The van der Waals surface area contributed by atoms with E-state index >= 15 is 0 Å². The molecule has 1 amide bonds. The number of hydrogen-bond donors (Lipinski definition) is 1. The first-order valence-electron chi connectivity index (χ1n) is 10.2. The van der Waals surface area contributed by atoms with Gasteiger partial charge in [-0.25, -0.2) is 8.42 Å². The minimum Gasteiger partial charge on any atom is -0.497 e. The third kappa shape index (κ3) is 6.63. The van der Waals surface area contributed by atoms with Crippen molar-refractivity contribution in [3.63, 3.8) is 0 Å². The van der Waals surface area contributed by atoms with Gasteiger partial charge in [0.25, 0.3) is 10.0 Å². The Bertz CT molecular complexity index is 1160. The monoisotopic (exact) mass is 488 g/mol. The van der Waals surface area contributed by atoms with Crippen molar-refractivity contribution in [3.05, 3.63) is 83.4 Å². The van der Waals surface area contributed by atoms with Gasteiger partial charge in [-0.05, 0) is 67.6 Å². The highest BCUT2D eigenvalue weighted by molar-refractivity contribution is 7.92. The fourth-order valence-electron chi connectivity index (χ4n) is 2.98. The summed E-state index contributed by atoms with van der Waals surface area (Å²) in [4.78, 5) is 12.6. The number of nitrogens with one attached hydrogen (secondary N) is 1. The number of methoxy groups -OCH3 is 1. The lowest BCUT2D eigenvalue weighted by Crippen LogP contribution is -2.41. The maximum absolute atomic E-state index is 13.3. The van der Waals surface area contributed by atoms with Gasteiger partial charge in [0.1, 0.15) is 24.7 Å². The van der Waals surface area contributed by atoms with Gasteiger partial charge >= 0.3 is 0 Å². The highest BCUT2D eigenvalue weighted by Gasteiger charge is 2.27. The van der Waals surface area contributed by atoms with Crippen LogP contribution in [0.2, 0.25) is 5.02 Å². The van der Waals surface area contributed by atoms with Crippen LogP contribution in [-0.2, 0) is 14.8 Å². The van der Waals surface area contributed by atoms with Crippen LogP contribution in [0.25, 0.3) is 0 Å². The number of ether oxygens (including phenoxy) is 2. The molecule has 174 valence electrons. The number of sulfonamides is 1. The predicted octanol–water partition coefficient (Wildman–Crippen LogP) is 4.05. The second kappa shape index (κ2) is 11.1. The van der Waals surface area contributed by atoms with Crippen LogP contribution in [0.15, 0.2) is 77.7 Å². The summed E-state index contributed by atoms with van der Waals surface area (Å²) >= 11 is 5.96. The quantitative estimate of drug-likeness (QED) is 0.435. The molecule has 0 saturated heterocycles. The van der Waals surface area contributed by atoms with E-state index in [-0.39, 0.29) is 18.0 Å². The number of benzene rings is 3. The van der Waals surface area contributed by atoms with Gasteiger partial charge in [0, 0.05) is 5.02 Å². The van der Waals surface area contributed by atoms with Gasteiger partial charge in [-0.3, -0.25) is 9.10 Å². The molecule has 7 nitrogen and oxygen atoms in total. The molecule has 0 atom stereocenters. The largest absolute Gasteiger partial charge is 0.497 e. The second-order valence-corrected chi connectivity index (χ2v) is 9.47. The van der Waals surface area contributed by atoms with Gasteiger partial charge in [-0.1, -0.05) is 29.3 Å². The molecule has 3 aromatic rings. The molecule has 33 heavy (non-hydrogen) atoms. The standard InChI is InChI=1S/C24H25ClN2O5S/c1-18-3-9-22(10-4-18)32-16-15-26-24(28)17-27(20-7-5-19(25)6-8-20)33(29,30)23-13-11-21(31-2)12-14-23/h3-14H,15-17H2,1-2H3,(H,26,28). The van der Waals surface area contributed by atoms with Crippen molar-refractivity contribution in [2.24, 2.45) is 0 Å². The van der Waals surface area contributed by atoms with Crippen LogP contribution in [0.1, 0.15) is 5.56 Å². The molecule has 3 rings (SSSR count). The molecule has 1 N–H and O–H groups in total. The van der Waals surface area contributed by atoms with Crippen molar-refractivity contribution in [3.8, 4) is 11.5 Å². The Labute approximate surface area is 198 Å². The summed E-state index contributed by atoms with van der Waals surface area (Å²) in [5.74, 6) is 0.757. The number of carbonyl (C=O) groups excluding carboxylic acids is 1. The number of anilines is 1. The minimum absolute atomic E-state index is 0.0359. The topological polar surface area (TPSA) is 84.9 Å². The van der Waals surface area contributed by atoms with Crippen molar-refractivity contribution < 1.29 is 22.7 Å². The van der Waals surface area contributed by atoms with Crippen LogP contribution in [0.3, 0.4) is 0 Å². The number of halogens is 1. The molecule has 0 bridgehead atoms. The van der Waals surface area contributed by atoms with Crippen LogP contribution >= 0.6 is 11.6 Å². The maximum Gasteiger partial charge on any atom is 0.264 e. The lowest BCUT2D eigenvalue weighted by Gasteiger charge is -2.24. The summed E-state index contributed by atoms with van der Waals surface area (Å²) in [5.41, 5.74) is 1.44. The Hall–Kier alpha value is -3.23. The Morgan fingerprint density at radius 1 is 0.939 bits per heavy atom. The van der Waals surface area contributed by atoms with Crippen LogP contribution in [-0.4, -0.2) is 41.1 Å². The number of rotatable bonds is 10. The molecule has 0 spiro atoms. The molecule has 0 aliphatic rings. The second-order valence-electron chi connectivity index (χ2n) is 7.18. The number of aryl methyl sites for hydroxylation is 1. The lowest BCUT2D eigenvalue weighted by atomic mass is 10.2. The summed E-state index contributed by atoms with van der Waals surface area (Å²) in [6, 6.07) is 19.8. The fourth-order valence-corrected chi connectivity index (χ4v) is 4.52. The van der Waals surface area contributed by atoms with E-state index in [1.54, 1.807) is 36.4 Å². The van der Waals surface area contributed by atoms with E-state index in [2.05, 4.69) is 5.32 Å². The van der Waals surface area contributed by atoms with Gasteiger partial charge in [-0.15, -0.1) is 0 Å². The normalized spacial score (nSPS) is 11.0. The summed E-state index contributed by atoms with van der Waals surface area (Å²) in [6.45, 7) is 2.06. The number of nitrogens with zero attached hydrogens (tertiary/aromatic N) is 1.